The second-order valence-corrected chi connectivity index (χ2v) is 8.08. The summed E-state index contributed by atoms with van der Waals surface area (Å²) in [4.78, 5) is 43.7. The van der Waals surface area contributed by atoms with Gasteiger partial charge in [-0.05, 0) is 24.3 Å². The number of carbonyl (C=O) groups excluding carboxylic acids is 3. The molecule has 134 valence electrons. The van der Waals surface area contributed by atoms with E-state index in [1.54, 1.807) is 0 Å². The van der Waals surface area contributed by atoms with Crippen LogP contribution in [0, 0.1) is 11.8 Å². The zero-order chi connectivity index (χ0) is 17.4. The summed E-state index contributed by atoms with van der Waals surface area (Å²) < 4.78 is 0. The van der Waals surface area contributed by atoms with Crippen molar-refractivity contribution >= 4 is 29.1 Å². The minimum atomic E-state index is -0.0806. The fourth-order valence-corrected chi connectivity index (χ4v) is 4.91. The monoisotopic (exact) mass is 361 g/mol. The summed E-state index contributed by atoms with van der Waals surface area (Å²) >= 11 is 1.46. The van der Waals surface area contributed by atoms with Crippen molar-refractivity contribution in [2.45, 2.75) is 25.7 Å². The fourth-order valence-electron chi connectivity index (χ4n) is 4.22. The van der Waals surface area contributed by atoms with E-state index in [2.05, 4.69) is 4.90 Å². The minimum absolute atomic E-state index is 0.0202. The van der Waals surface area contributed by atoms with Gasteiger partial charge in [0.15, 0.2) is 0 Å². The molecule has 0 radical (unpaired) electrons. The lowest BCUT2D eigenvalue weighted by Gasteiger charge is -2.36. The van der Waals surface area contributed by atoms with E-state index in [-0.39, 0.29) is 29.6 Å². The van der Waals surface area contributed by atoms with Crippen molar-refractivity contribution in [2.24, 2.45) is 11.8 Å². The molecule has 0 N–H and O–H groups in total. The second-order valence-electron chi connectivity index (χ2n) is 7.13. The molecule has 0 bridgehead atoms. The second kappa shape index (κ2) is 6.88. The maximum Gasteiger partial charge on any atom is 0.264 e. The zero-order valence-corrected chi connectivity index (χ0v) is 15.0. The number of thiophene rings is 1. The molecule has 2 atom stereocenters. The summed E-state index contributed by atoms with van der Waals surface area (Å²) in [6.07, 6.45) is 3.82. The first-order chi connectivity index (χ1) is 12.1. The zero-order valence-electron chi connectivity index (χ0n) is 14.2. The molecular formula is C18H23N3O3S. The van der Waals surface area contributed by atoms with Gasteiger partial charge in [0.25, 0.3) is 5.91 Å². The van der Waals surface area contributed by atoms with E-state index in [9.17, 15) is 14.4 Å². The summed E-state index contributed by atoms with van der Waals surface area (Å²) in [7, 11) is 0. The Balaban J connectivity index is 1.33. The van der Waals surface area contributed by atoms with Crippen LogP contribution in [0.25, 0.3) is 0 Å². The number of imide groups is 1. The van der Waals surface area contributed by atoms with E-state index in [1.165, 1.54) is 16.2 Å². The van der Waals surface area contributed by atoms with Gasteiger partial charge in [-0.15, -0.1) is 11.3 Å². The van der Waals surface area contributed by atoms with E-state index in [0.717, 1.165) is 30.6 Å². The molecule has 3 aliphatic rings. The van der Waals surface area contributed by atoms with Crippen molar-refractivity contribution in [1.82, 2.24) is 14.7 Å². The first kappa shape index (κ1) is 16.7. The van der Waals surface area contributed by atoms with Crippen molar-refractivity contribution in [1.29, 1.82) is 0 Å². The van der Waals surface area contributed by atoms with Gasteiger partial charge in [0.1, 0.15) is 0 Å². The fraction of sp³-hybridized carbons (Fsp3) is 0.611. The molecule has 0 spiro atoms. The Morgan fingerprint density at radius 3 is 2.24 bits per heavy atom. The third kappa shape index (κ3) is 3.11. The molecule has 2 saturated heterocycles. The lowest BCUT2D eigenvalue weighted by atomic mass is 9.81. The van der Waals surface area contributed by atoms with Crippen LogP contribution in [0.3, 0.4) is 0 Å². The standard InChI is InChI=1S/C18H23N3O3S/c22-16-13-4-1-2-5-14(13)17(23)21(16)12-19-7-9-20(10-8-19)18(24)15-6-3-11-25-15/h3,6,11,13-14H,1-2,4-5,7-10,12H2/t13-,14+. The van der Waals surface area contributed by atoms with Gasteiger partial charge in [-0.3, -0.25) is 24.2 Å². The predicted molar refractivity (Wildman–Crippen MR) is 94.0 cm³/mol. The molecule has 1 aromatic heterocycles. The Kier molecular flexibility index (Phi) is 4.60. The van der Waals surface area contributed by atoms with Gasteiger partial charge in [-0.25, -0.2) is 0 Å². The molecule has 4 rings (SSSR count). The van der Waals surface area contributed by atoms with Crippen LogP contribution in [-0.2, 0) is 9.59 Å². The minimum Gasteiger partial charge on any atom is -0.335 e. The van der Waals surface area contributed by atoms with Crippen LogP contribution in [-0.4, -0.2) is 65.3 Å². The van der Waals surface area contributed by atoms with Crippen LogP contribution in [0.2, 0.25) is 0 Å². The van der Waals surface area contributed by atoms with Crippen molar-refractivity contribution in [3.63, 3.8) is 0 Å². The van der Waals surface area contributed by atoms with Gasteiger partial charge >= 0.3 is 0 Å². The summed E-state index contributed by atoms with van der Waals surface area (Å²) in [6.45, 7) is 3.05. The first-order valence-corrected chi connectivity index (χ1v) is 9.93. The molecule has 2 aliphatic heterocycles. The van der Waals surface area contributed by atoms with Gasteiger partial charge in [-0.1, -0.05) is 18.9 Å². The SMILES string of the molecule is O=C(c1cccs1)N1CCN(CN2C(=O)[C@H]3CCCC[C@H]3C2=O)CC1. The van der Waals surface area contributed by atoms with Gasteiger partial charge < -0.3 is 4.90 Å². The number of likely N-dealkylation sites (tertiary alicyclic amines) is 1. The number of carbonyl (C=O) groups is 3. The number of fused-ring (bicyclic) bond motifs is 1. The third-order valence-electron chi connectivity index (χ3n) is 5.67. The Bertz CT molecular complexity index is 643. The molecule has 7 heteroatoms. The van der Waals surface area contributed by atoms with E-state index in [4.69, 9.17) is 0 Å². The highest BCUT2D eigenvalue weighted by atomic mass is 32.1. The highest BCUT2D eigenvalue weighted by Crippen LogP contribution is 2.38. The van der Waals surface area contributed by atoms with Crippen LogP contribution in [0.1, 0.15) is 35.4 Å². The quantitative estimate of drug-likeness (QED) is 0.768. The molecule has 3 fully saturated rings. The lowest BCUT2D eigenvalue weighted by Crippen LogP contribution is -2.52. The molecule has 0 unspecified atom stereocenters. The first-order valence-electron chi connectivity index (χ1n) is 9.05. The topological polar surface area (TPSA) is 60.9 Å². The van der Waals surface area contributed by atoms with Gasteiger partial charge in [0.2, 0.25) is 11.8 Å². The third-order valence-corrected chi connectivity index (χ3v) is 6.52. The Labute approximate surface area is 151 Å². The Hall–Kier alpha value is -1.73. The molecule has 1 aliphatic carbocycles. The molecule has 25 heavy (non-hydrogen) atoms. The van der Waals surface area contributed by atoms with E-state index in [0.29, 0.717) is 32.8 Å². The largest absolute Gasteiger partial charge is 0.335 e. The number of amides is 3. The van der Waals surface area contributed by atoms with Crippen molar-refractivity contribution < 1.29 is 14.4 Å². The van der Waals surface area contributed by atoms with Crippen molar-refractivity contribution in [2.75, 3.05) is 32.8 Å². The summed E-state index contributed by atoms with van der Waals surface area (Å²) in [5, 5.41) is 1.91. The van der Waals surface area contributed by atoms with Crippen LogP contribution in [0.5, 0.6) is 0 Å². The summed E-state index contributed by atoms with van der Waals surface area (Å²) in [6, 6.07) is 3.74. The molecule has 6 nitrogen and oxygen atoms in total. The van der Waals surface area contributed by atoms with Crippen molar-refractivity contribution in [3.05, 3.63) is 22.4 Å². The number of nitrogens with zero attached hydrogens (tertiary/aromatic N) is 3. The normalized spacial score (nSPS) is 27.7. The smallest absolute Gasteiger partial charge is 0.264 e. The maximum absolute atomic E-state index is 12.6. The Morgan fingerprint density at radius 1 is 1.04 bits per heavy atom. The summed E-state index contributed by atoms with van der Waals surface area (Å²) in [5.41, 5.74) is 0. The van der Waals surface area contributed by atoms with E-state index in [1.807, 2.05) is 22.4 Å². The van der Waals surface area contributed by atoms with E-state index >= 15 is 0 Å². The molecule has 1 aromatic rings. The van der Waals surface area contributed by atoms with Crippen LogP contribution in [0.4, 0.5) is 0 Å². The predicted octanol–water partition coefficient (Wildman–Crippen LogP) is 1.64. The molecule has 1 saturated carbocycles. The van der Waals surface area contributed by atoms with Gasteiger partial charge in [0, 0.05) is 26.2 Å². The Morgan fingerprint density at radius 2 is 1.68 bits per heavy atom. The van der Waals surface area contributed by atoms with Crippen LogP contribution >= 0.6 is 11.3 Å². The average Bonchev–Trinajstić information content (AvgIpc) is 3.26. The highest BCUT2D eigenvalue weighted by molar-refractivity contribution is 7.12. The van der Waals surface area contributed by atoms with Crippen LogP contribution in [0.15, 0.2) is 17.5 Å². The lowest BCUT2D eigenvalue weighted by molar-refractivity contribution is -0.142. The molecule has 0 aromatic carbocycles. The number of hydrogen-bond acceptors (Lipinski definition) is 5. The average molecular weight is 361 g/mol. The number of rotatable bonds is 3. The maximum atomic E-state index is 12.6. The van der Waals surface area contributed by atoms with Gasteiger partial charge in [0.05, 0.1) is 23.4 Å². The highest BCUT2D eigenvalue weighted by Gasteiger charge is 2.48. The van der Waals surface area contributed by atoms with Gasteiger partial charge in [-0.2, -0.15) is 0 Å². The molecule has 3 heterocycles. The molecule has 3 amide bonds. The summed E-state index contributed by atoms with van der Waals surface area (Å²) in [5.74, 6) is -0.0431. The number of hydrogen-bond donors (Lipinski definition) is 0. The van der Waals surface area contributed by atoms with E-state index < -0.39 is 0 Å². The number of piperazine rings is 1. The molecular weight excluding hydrogens is 338 g/mol. The van der Waals surface area contributed by atoms with Crippen molar-refractivity contribution in [3.8, 4) is 0 Å². The van der Waals surface area contributed by atoms with Crippen LogP contribution < -0.4 is 0 Å².